The van der Waals surface area contributed by atoms with Crippen LogP contribution in [-0.4, -0.2) is 44.4 Å². The van der Waals surface area contributed by atoms with Crippen LogP contribution in [0, 0.1) is 5.82 Å². The van der Waals surface area contributed by atoms with Crippen LogP contribution in [0.5, 0.6) is 17.2 Å². The Labute approximate surface area is 188 Å². The number of hydrogen-bond donors (Lipinski definition) is 0. The van der Waals surface area contributed by atoms with E-state index in [1.54, 1.807) is 12.1 Å². The van der Waals surface area contributed by atoms with Crippen LogP contribution >= 0.6 is 0 Å². The number of epoxide rings is 1. The molecular weight excluding hydrogens is 448 g/mol. The fraction of sp³-hybridized carbons (Fsp3) is 0.435. The number of hydrogen-bond acceptors (Lipinski definition) is 6. The van der Waals surface area contributed by atoms with Crippen molar-refractivity contribution in [2.75, 3.05) is 26.4 Å². The van der Waals surface area contributed by atoms with Crippen molar-refractivity contribution in [2.24, 2.45) is 0 Å². The summed E-state index contributed by atoms with van der Waals surface area (Å²) in [6, 6.07) is 8.49. The number of benzene rings is 2. The molecule has 0 bridgehead atoms. The van der Waals surface area contributed by atoms with E-state index in [0.717, 1.165) is 38.0 Å². The van der Waals surface area contributed by atoms with Crippen LogP contribution < -0.4 is 14.2 Å². The molecule has 2 aromatic carbocycles. The maximum Gasteiger partial charge on any atom is 0.573 e. The Kier molecular flexibility index (Phi) is 8.15. The van der Waals surface area contributed by atoms with Gasteiger partial charge in [-0.2, -0.15) is 0 Å². The highest BCUT2D eigenvalue weighted by Crippen LogP contribution is 2.30. The van der Waals surface area contributed by atoms with Crippen molar-refractivity contribution in [2.45, 2.75) is 38.1 Å². The van der Waals surface area contributed by atoms with Gasteiger partial charge >= 0.3 is 12.3 Å². The number of ether oxygens (including phenoxy) is 5. The Morgan fingerprint density at radius 1 is 1.03 bits per heavy atom. The molecule has 1 saturated heterocycles. The van der Waals surface area contributed by atoms with E-state index in [9.17, 15) is 22.4 Å². The molecule has 33 heavy (non-hydrogen) atoms. The van der Waals surface area contributed by atoms with E-state index in [2.05, 4.69) is 11.7 Å². The number of rotatable bonds is 12. The van der Waals surface area contributed by atoms with E-state index in [1.165, 1.54) is 12.1 Å². The first-order valence-corrected chi connectivity index (χ1v) is 10.4. The zero-order valence-electron chi connectivity index (χ0n) is 18.0. The monoisotopic (exact) mass is 472 g/mol. The fourth-order valence-corrected chi connectivity index (χ4v) is 2.76. The smallest absolute Gasteiger partial charge is 0.494 e. The molecule has 0 aromatic heterocycles. The van der Waals surface area contributed by atoms with Crippen LogP contribution in [0.4, 0.5) is 17.6 Å². The number of esters is 1. The van der Waals surface area contributed by atoms with Crippen LogP contribution in [0.2, 0.25) is 0 Å². The lowest BCUT2D eigenvalue weighted by molar-refractivity contribution is -0.275. The molecule has 10 heteroatoms. The van der Waals surface area contributed by atoms with Crippen LogP contribution in [0.1, 0.15) is 36.5 Å². The summed E-state index contributed by atoms with van der Waals surface area (Å²) in [6.07, 6.45) is -2.48. The molecule has 0 saturated carbocycles. The predicted octanol–water partition coefficient (Wildman–Crippen LogP) is 5.30. The molecule has 1 heterocycles. The molecule has 0 aliphatic carbocycles. The van der Waals surface area contributed by atoms with Gasteiger partial charge in [0.1, 0.15) is 11.5 Å². The maximum atomic E-state index is 13.7. The van der Waals surface area contributed by atoms with Gasteiger partial charge in [-0.05, 0) is 56.2 Å². The second-order valence-corrected chi connectivity index (χ2v) is 7.71. The van der Waals surface area contributed by atoms with Gasteiger partial charge < -0.3 is 23.7 Å². The van der Waals surface area contributed by atoms with Gasteiger partial charge in [-0.25, -0.2) is 9.18 Å². The standard InChI is InChI=1S/C23H24F4O6/c1-22(15-31-22)10-13-29-11-2-3-12-30-17-6-4-16(5-7-17)21(28)32-18-8-9-20(19(24)14-18)33-23(25,26)27/h4-9,14H,2-3,10-13,15H2,1H3. The SMILES string of the molecule is CC1(CCOCCCCOc2ccc(C(=O)Oc3ccc(OC(F)(F)F)c(F)c3)cc2)CO1. The highest BCUT2D eigenvalue weighted by Gasteiger charge is 2.38. The van der Waals surface area contributed by atoms with Gasteiger partial charge in [-0.15, -0.1) is 13.2 Å². The molecule has 1 atom stereocenters. The van der Waals surface area contributed by atoms with Crippen molar-refractivity contribution in [3.05, 3.63) is 53.8 Å². The van der Waals surface area contributed by atoms with Gasteiger partial charge in [0.25, 0.3) is 0 Å². The summed E-state index contributed by atoms with van der Waals surface area (Å²) in [4.78, 5) is 12.2. The summed E-state index contributed by atoms with van der Waals surface area (Å²) >= 11 is 0. The highest BCUT2D eigenvalue weighted by molar-refractivity contribution is 5.91. The van der Waals surface area contributed by atoms with Crippen LogP contribution in [0.3, 0.4) is 0 Å². The topological polar surface area (TPSA) is 66.5 Å². The second-order valence-electron chi connectivity index (χ2n) is 7.71. The Bertz CT molecular complexity index is 926. The first-order valence-electron chi connectivity index (χ1n) is 10.4. The zero-order chi connectivity index (χ0) is 23.9. The Balaban J connectivity index is 1.36. The first kappa shape index (κ1) is 24.8. The number of alkyl halides is 3. The van der Waals surface area contributed by atoms with Gasteiger partial charge in [0.2, 0.25) is 0 Å². The summed E-state index contributed by atoms with van der Waals surface area (Å²) in [5.41, 5.74) is 0.175. The van der Waals surface area contributed by atoms with E-state index >= 15 is 0 Å². The number of unbranched alkanes of at least 4 members (excludes halogenated alkanes) is 1. The largest absolute Gasteiger partial charge is 0.573 e. The molecule has 1 aliphatic rings. The van der Waals surface area contributed by atoms with Crippen molar-refractivity contribution in [3.63, 3.8) is 0 Å². The van der Waals surface area contributed by atoms with Crippen molar-refractivity contribution in [3.8, 4) is 17.2 Å². The molecule has 1 aliphatic heterocycles. The Hall–Kier alpha value is -2.85. The zero-order valence-corrected chi connectivity index (χ0v) is 18.0. The minimum atomic E-state index is -5.03. The van der Waals surface area contributed by atoms with Crippen molar-refractivity contribution in [1.82, 2.24) is 0 Å². The summed E-state index contributed by atoms with van der Waals surface area (Å²) in [5, 5.41) is 0. The normalized spacial score (nSPS) is 17.5. The third kappa shape index (κ3) is 8.54. The molecule has 180 valence electrons. The average molecular weight is 472 g/mol. The Morgan fingerprint density at radius 3 is 2.33 bits per heavy atom. The molecule has 0 spiro atoms. The summed E-state index contributed by atoms with van der Waals surface area (Å²) < 4.78 is 75.3. The third-order valence-corrected chi connectivity index (χ3v) is 4.79. The number of carbonyl (C=O) groups excluding carboxylic acids is 1. The van der Waals surface area contributed by atoms with Gasteiger partial charge in [0.05, 0.1) is 24.4 Å². The average Bonchev–Trinajstić information content (AvgIpc) is 3.49. The molecule has 6 nitrogen and oxygen atoms in total. The van der Waals surface area contributed by atoms with E-state index in [1.807, 2.05) is 0 Å². The molecule has 2 aromatic rings. The van der Waals surface area contributed by atoms with Crippen LogP contribution in [0.15, 0.2) is 42.5 Å². The lowest BCUT2D eigenvalue weighted by atomic mass is 10.1. The lowest BCUT2D eigenvalue weighted by Gasteiger charge is -2.11. The van der Waals surface area contributed by atoms with E-state index in [4.69, 9.17) is 18.9 Å². The van der Waals surface area contributed by atoms with Crippen molar-refractivity contribution < 1.29 is 46.0 Å². The number of carbonyl (C=O) groups is 1. The minimum Gasteiger partial charge on any atom is -0.494 e. The molecule has 0 radical (unpaired) electrons. The van der Waals surface area contributed by atoms with Gasteiger partial charge in [-0.1, -0.05) is 0 Å². The van der Waals surface area contributed by atoms with E-state index in [-0.39, 0.29) is 16.9 Å². The molecule has 1 unspecified atom stereocenters. The van der Waals surface area contributed by atoms with E-state index < -0.39 is 23.9 Å². The summed E-state index contributed by atoms with van der Waals surface area (Å²) in [7, 11) is 0. The maximum absolute atomic E-state index is 13.7. The van der Waals surface area contributed by atoms with Gasteiger partial charge in [0, 0.05) is 25.7 Å². The second kappa shape index (κ2) is 10.8. The van der Waals surface area contributed by atoms with Gasteiger partial charge in [-0.3, -0.25) is 0 Å². The highest BCUT2D eigenvalue weighted by atomic mass is 19.4. The molecule has 0 amide bonds. The van der Waals surface area contributed by atoms with Crippen molar-refractivity contribution in [1.29, 1.82) is 0 Å². The third-order valence-electron chi connectivity index (χ3n) is 4.79. The summed E-state index contributed by atoms with van der Waals surface area (Å²) in [5.74, 6) is -2.82. The molecule has 1 fully saturated rings. The minimum absolute atomic E-state index is 0.00800. The lowest BCUT2D eigenvalue weighted by Crippen LogP contribution is -2.18. The van der Waals surface area contributed by atoms with Crippen molar-refractivity contribution >= 4 is 5.97 Å². The van der Waals surface area contributed by atoms with E-state index in [0.29, 0.717) is 31.6 Å². The first-order chi connectivity index (χ1) is 15.6. The Morgan fingerprint density at radius 2 is 1.70 bits per heavy atom. The quantitative estimate of drug-likeness (QED) is 0.137. The van der Waals surface area contributed by atoms with Gasteiger partial charge in [0.15, 0.2) is 11.6 Å². The molecular formula is C23H24F4O6. The predicted molar refractivity (Wildman–Crippen MR) is 109 cm³/mol. The van der Waals surface area contributed by atoms with Crippen LogP contribution in [-0.2, 0) is 9.47 Å². The number of halogens is 4. The molecule has 3 rings (SSSR count). The fourth-order valence-electron chi connectivity index (χ4n) is 2.76. The molecule has 0 N–H and O–H groups in total. The summed E-state index contributed by atoms with van der Waals surface area (Å²) in [6.45, 7) is 4.66. The van der Waals surface area contributed by atoms with Crippen LogP contribution in [0.25, 0.3) is 0 Å².